The van der Waals surface area contributed by atoms with Gasteiger partial charge in [0.2, 0.25) is 15.9 Å². The molecule has 0 saturated heterocycles. The van der Waals surface area contributed by atoms with E-state index in [1.807, 2.05) is 41.9 Å². The van der Waals surface area contributed by atoms with Crippen molar-refractivity contribution >= 4 is 49.8 Å². The fraction of sp³-hybridized carbons (Fsp3) is 0.217. The number of nitrogens with zero attached hydrogens (tertiary/aromatic N) is 5. The molecule has 0 atom stereocenters. The lowest BCUT2D eigenvalue weighted by Gasteiger charge is -2.19. The van der Waals surface area contributed by atoms with Gasteiger partial charge in [-0.1, -0.05) is 12.1 Å². The maximum absolute atomic E-state index is 12.1. The molecule has 10 nitrogen and oxygen atoms in total. The number of carbonyl (C=O) groups excluding carboxylic acids is 1. The zero-order valence-electron chi connectivity index (χ0n) is 19.3. The van der Waals surface area contributed by atoms with Crippen molar-refractivity contribution in [1.29, 1.82) is 0 Å². The number of nitrogens with one attached hydrogen (secondary N) is 2. The Kier molecular flexibility index (Phi) is 6.20. The molecule has 0 aliphatic heterocycles. The molecule has 0 aliphatic rings. The predicted octanol–water partition coefficient (Wildman–Crippen LogP) is 3.28. The van der Waals surface area contributed by atoms with Crippen molar-refractivity contribution in [3.8, 4) is 0 Å². The van der Waals surface area contributed by atoms with Gasteiger partial charge in [-0.2, -0.15) is 5.10 Å². The summed E-state index contributed by atoms with van der Waals surface area (Å²) in [5, 5.41) is 11.6. The van der Waals surface area contributed by atoms with Gasteiger partial charge in [0.05, 0.1) is 24.0 Å². The zero-order chi connectivity index (χ0) is 24.5. The fourth-order valence-corrected chi connectivity index (χ4v) is 4.07. The van der Waals surface area contributed by atoms with Crippen molar-refractivity contribution < 1.29 is 13.2 Å². The molecular formula is C23H25N7O3S. The number of carbonyl (C=O) groups is 1. The highest BCUT2D eigenvalue weighted by molar-refractivity contribution is 7.92. The van der Waals surface area contributed by atoms with Crippen LogP contribution in [0.2, 0.25) is 0 Å². The van der Waals surface area contributed by atoms with E-state index in [1.165, 1.54) is 14.0 Å². The van der Waals surface area contributed by atoms with Crippen LogP contribution in [0.4, 0.5) is 23.0 Å². The molecule has 0 fully saturated rings. The number of hydrogen-bond donors (Lipinski definition) is 2. The van der Waals surface area contributed by atoms with Gasteiger partial charge >= 0.3 is 0 Å². The normalized spacial score (nSPS) is 11.4. The highest BCUT2D eigenvalue weighted by atomic mass is 32.2. The van der Waals surface area contributed by atoms with E-state index < -0.39 is 10.0 Å². The Morgan fingerprint density at radius 3 is 2.62 bits per heavy atom. The smallest absolute Gasteiger partial charge is 0.233 e. The summed E-state index contributed by atoms with van der Waals surface area (Å²) in [6.07, 6.45) is 4.46. The molecular weight excluding hydrogens is 454 g/mol. The first-order valence-electron chi connectivity index (χ1n) is 10.5. The lowest BCUT2D eigenvalue weighted by molar-refractivity contribution is -0.114. The molecule has 0 unspecified atom stereocenters. The molecule has 11 heteroatoms. The van der Waals surface area contributed by atoms with E-state index in [4.69, 9.17) is 0 Å². The summed E-state index contributed by atoms with van der Waals surface area (Å²) in [5.41, 5.74) is 3.81. The summed E-state index contributed by atoms with van der Waals surface area (Å²) in [4.78, 5) is 20.1. The quantitative estimate of drug-likeness (QED) is 0.417. The van der Waals surface area contributed by atoms with Gasteiger partial charge in [0.15, 0.2) is 0 Å². The van der Waals surface area contributed by atoms with Gasteiger partial charge in [-0.05, 0) is 31.2 Å². The van der Waals surface area contributed by atoms with Crippen LogP contribution in [0.1, 0.15) is 18.2 Å². The number of rotatable bonds is 7. The molecule has 3 aromatic heterocycles. The number of fused-ring (bicyclic) bond motifs is 1. The Balaban J connectivity index is 1.68. The van der Waals surface area contributed by atoms with Crippen molar-refractivity contribution in [1.82, 2.24) is 19.7 Å². The van der Waals surface area contributed by atoms with Gasteiger partial charge in [0.1, 0.15) is 11.6 Å². The Hall–Kier alpha value is -3.99. The molecule has 0 spiro atoms. The van der Waals surface area contributed by atoms with E-state index in [0.29, 0.717) is 29.4 Å². The number of pyridine rings is 2. The van der Waals surface area contributed by atoms with Crippen LogP contribution in [-0.2, 0) is 21.4 Å². The monoisotopic (exact) mass is 479 g/mol. The van der Waals surface area contributed by atoms with E-state index in [-0.39, 0.29) is 5.91 Å². The van der Waals surface area contributed by atoms with Crippen LogP contribution in [0, 0.1) is 6.92 Å². The van der Waals surface area contributed by atoms with Crippen LogP contribution in [0.5, 0.6) is 0 Å². The van der Waals surface area contributed by atoms with Crippen molar-refractivity contribution in [2.24, 2.45) is 0 Å². The summed E-state index contributed by atoms with van der Waals surface area (Å²) in [6, 6.07) is 12.8. The number of benzene rings is 1. The standard InChI is InChI=1S/C23H25N7O3S/c1-15-20-13-25-22(27-19-9-5-8-18(11-19)26-16(2)31)12-21(20)30(28-15)14-17-7-6-10-24-23(17)29(3)34(4,32)33/h5-13H,14H2,1-4H3,(H,25,27)(H,26,31). The summed E-state index contributed by atoms with van der Waals surface area (Å²) < 4.78 is 27.1. The summed E-state index contributed by atoms with van der Waals surface area (Å²) in [7, 11) is -1.98. The molecule has 4 aromatic rings. The van der Waals surface area contributed by atoms with Gasteiger partial charge in [-0.15, -0.1) is 0 Å². The molecule has 176 valence electrons. The van der Waals surface area contributed by atoms with Gasteiger partial charge in [0, 0.05) is 54.8 Å². The molecule has 1 amide bonds. The number of aryl methyl sites for hydroxylation is 1. The average Bonchev–Trinajstić information content (AvgIpc) is 3.07. The second-order valence-electron chi connectivity index (χ2n) is 7.93. The number of amides is 1. The average molecular weight is 480 g/mol. The van der Waals surface area contributed by atoms with Crippen LogP contribution in [0.3, 0.4) is 0 Å². The van der Waals surface area contributed by atoms with E-state index in [2.05, 4.69) is 25.7 Å². The Bertz CT molecular complexity index is 1480. The summed E-state index contributed by atoms with van der Waals surface area (Å²) in [5.74, 6) is 0.814. The Labute approximate surface area is 197 Å². The fourth-order valence-electron chi connectivity index (χ4n) is 3.60. The summed E-state index contributed by atoms with van der Waals surface area (Å²) in [6.45, 7) is 3.69. The molecule has 34 heavy (non-hydrogen) atoms. The third kappa shape index (κ3) is 4.99. The van der Waals surface area contributed by atoms with Gasteiger partial charge in [-0.3, -0.25) is 13.8 Å². The number of anilines is 4. The van der Waals surface area contributed by atoms with E-state index >= 15 is 0 Å². The van der Waals surface area contributed by atoms with Crippen molar-refractivity contribution in [3.05, 3.63) is 66.1 Å². The van der Waals surface area contributed by atoms with Crippen molar-refractivity contribution in [2.45, 2.75) is 20.4 Å². The molecule has 2 N–H and O–H groups in total. The van der Waals surface area contributed by atoms with Crippen molar-refractivity contribution in [3.63, 3.8) is 0 Å². The molecule has 0 bridgehead atoms. The topological polar surface area (TPSA) is 122 Å². The first-order valence-corrected chi connectivity index (χ1v) is 12.3. The zero-order valence-corrected chi connectivity index (χ0v) is 20.1. The Morgan fingerprint density at radius 1 is 1.12 bits per heavy atom. The van der Waals surface area contributed by atoms with Crippen LogP contribution in [0.25, 0.3) is 10.9 Å². The third-order valence-corrected chi connectivity index (χ3v) is 6.43. The minimum absolute atomic E-state index is 0.146. The van der Waals surface area contributed by atoms with Gasteiger partial charge < -0.3 is 10.6 Å². The minimum atomic E-state index is -3.47. The lowest BCUT2D eigenvalue weighted by Crippen LogP contribution is -2.27. The third-order valence-electron chi connectivity index (χ3n) is 5.26. The highest BCUT2D eigenvalue weighted by Crippen LogP contribution is 2.26. The van der Waals surface area contributed by atoms with Crippen LogP contribution >= 0.6 is 0 Å². The number of aromatic nitrogens is 4. The molecule has 0 radical (unpaired) electrons. The largest absolute Gasteiger partial charge is 0.340 e. The first kappa shape index (κ1) is 23.2. The second kappa shape index (κ2) is 9.10. The Morgan fingerprint density at radius 2 is 1.88 bits per heavy atom. The van der Waals surface area contributed by atoms with Gasteiger partial charge in [-0.25, -0.2) is 18.4 Å². The molecule has 1 aromatic carbocycles. The van der Waals surface area contributed by atoms with Crippen LogP contribution in [0.15, 0.2) is 54.9 Å². The SMILES string of the molecule is CC(=O)Nc1cccc(Nc2cc3c(cn2)c(C)nn3Cc2cccnc2N(C)S(C)(=O)=O)c1. The highest BCUT2D eigenvalue weighted by Gasteiger charge is 2.18. The van der Waals surface area contributed by atoms with E-state index in [0.717, 1.165) is 32.8 Å². The molecule has 4 rings (SSSR count). The number of hydrogen-bond acceptors (Lipinski definition) is 7. The first-order chi connectivity index (χ1) is 16.1. The maximum Gasteiger partial charge on any atom is 0.233 e. The van der Waals surface area contributed by atoms with E-state index in [1.54, 1.807) is 24.5 Å². The molecule has 0 aliphatic carbocycles. The molecule has 0 saturated carbocycles. The lowest BCUT2D eigenvalue weighted by atomic mass is 10.2. The maximum atomic E-state index is 12.1. The van der Waals surface area contributed by atoms with Crippen LogP contribution in [-0.4, -0.2) is 47.4 Å². The second-order valence-corrected chi connectivity index (χ2v) is 9.95. The minimum Gasteiger partial charge on any atom is -0.340 e. The van der Waals surface area contributed by atoms with Crippen molar-refractivity contribution in [2.75, 3.05) is 28.2 Å². The van der Waals surface area contributed by atoms with E-state index in [9.17, 15) is 13.2 Å². The predicted molar refractivity (Wildman–Crippen MR) is 133 cm³/mol. The molecule has 3 heterocycles. The summed E-state index contributed by atoms with van der Waals surface area (Å²) >= 11 is 0. The van der Waals surface area contributed by atoms with Gasteiger partial charge in [0.25, 0.3) is 0 Å². The van der Waals surface area contributed by atoms with Crippen LogP contribution < -0.4 is 14.9 Å². The number of sulfonamides is 1.